The van der Waals surface area contributed by atoms with Crippen LogP contribution in [0.25, 0.3) is 0 Å². The highest BCUT2D eigenvalue weighted by molar-refractivity contribution is 5.87. The molecule has 0 aromatic heterocycles. The summed E-state index contributed by atoms with van der Waals surface area (Å²) in [5.41, 5.74) is -0.148. The van der Waals surface area contributed by atoms with E-state index in [1.165, 1.54) is 12.2 Å². The molecular weight excluding hydrogens is 192 g/mol. The van der Waals surface area contributed by atoms with E-state index in [4.69, 9.17) is 0 Å². The molecule has 0 rings (SSSR count). The molecule has 2 amide bonds. The summed E-state index contributed by atoms with van der Waals surface area (Å²) in [5, 5.41) is 5.07. The Morgan fingerprint density at radius 1 is 1.07 bits per heavy atom. The summed E-state index contributed by atoms with van der Waals surface area (Å²) in [6.07, 6.45) is 2.49. The van der Waals surface area contributed by atoms with Crippen LogP contribution in [0.2, 0.25) is 0 Å². The first-order valence-electron chi connectivity index (χ1n) is 4.55. The highest BCUT2D eigenvalue weighted by atomic mass is 16.2. The van der Waals surface area contributed by atoms with E-state index in [1.54, 1.807) is 7.05 Å². The predicted octanol–water partition coefficient (Wildman–Crippen LogP) is 1.01. The van der Waals surface area contributed by atoms with Crippen molar-refractivity contribution in [3.05, 3.63) is 25.3 Å². The Bertz CT molecular complexity index is 239. The van der Waals surface area contributed by atoms with Crippen molar-refractivity contribution in [3.63, 3.8) is 0 Å². The molecule has 0 saturated heterocycles. The number of carbonyl (C=O) groups is 2. The van der Waals surface area contributed by atoms with Crippen molar-refractivity contribution in [1.82, 2.24) is 10.6 Å². The largest absolute Gasteiger partial charge is 0.356 e. The van der Waals surface area contributed by atoms with E-state index in [2.05, 4.69) is 23.8 Å². The SMILES string of the molecule is C=CC(=O)NC.C=CC(=O)NC(C)(C)C. The molecule has 86 valence electrons. The maximum Gasteiger partial charge on any atom is 0.243 e. The van der Waals surface area contributed by atoms with Gasteiger partial charge in [0, 0.05) is 12.6 Å². The summed E-state index contributed by atoms with van der Waals surface area (Å²) in [7, 11) is 1.56. The van der Waals surface area contributed by atoms with Crippen LogP contribution in [0.15, 0.2) is 25.3 Å². The molecule has 2 N–H and O–H groups in total. The third-order valence-electron chi connectivity index (χ3n) is 1.12. The van der Waals surface area contributed by atoms with Gasteiger partial charge in [0.15, 0.2) is 0 Å². The normalized spacial score (nSPS) is 9.07. The van der Waals surface area contributed by atoms with E-state index < -0.39 is 0 Å². The first-order valence-corrected chi connectivity index (χ1v) is 4.55. The zero-order valence-corrected chi connectivity index (χ0v) is 9.89. The van der Waals surface area contributed by atoms with Crippen molar-refractivity contribution >= 4 is 11.8 Å². The fourth-order valence-electron chi connectivity index (χ4n) is 0.523. The first-order chi connectivity index (χ1) is 6.76. The summed E-state index contributed by atoms with van der Waals surface area (Å²) in [4.78, 5) is 20.5. The standard InChI is InChI=1S/C7H13NO.C4H7NO/c1-5-6(9)8-7(2,3)4;1-3-4(6)5-2/h5H,1H2,2-4H3,(H,8,9);3H,1H2,2H3,(H,5,6). The highest BCUT2D eigenvalue weighted by Gasteiger charge is 2.10. The van der Waals surface area contributed by atoms with Gasteiger partial charge in [0.2, 0.25) is 11.8 Å². The molecule has 0 aliphatic carbocycles. The van der Waals surface area contributed by atoms with Gasteiger partial charge in [0.05, 0.1) is 0 Å². The van der Waals surface area contributed by atoms with Crippen molar-refractivity contribution in [3.8, 4) is 0 Å². The zero-order valence-electron chi connectivity index (χ0n) is 9.89. The molecule has 0 fully saturated rings. The van der Waals surface area contributed by atoms with Crippen LogP contribution in [0.4, 0.5) is 0 Å². The molecule has 0 bridgehead atoms. The summed E-state index contributed by atoms with van der Waals surface area (Å²) >= 11 is 0. The van der Waals surface area contributed by atoms with Crippen molar-refractivity contribution in [2.75, 3.05) is 7.05 Å². The number of hydrogen-bond donors (Lipinski definition) is 2. The number of carbonyl (C=O) groups excluding carboxylic acids is 2. The average molecular weight is 212 g/mol. The Morgan fingerprint density at radius 2 is 1.47 bits per heavy atom. The molecule has 4 nitrogen and oxygen atoms in total. The van der Waals surface area contributed by atoms with Crippen LogP contribution < -0.4 is 10.6 Å². The Labute approximate surface area is 91.4 Å². The van der Waals surface area contributed by atoms with E-state index in [1.807, 2.05) is 20.8 Å². The molecule has 0 aliphatic heterocycles. The van der Waals surface area contributed by atoms with Gasteiger partial charge < -0.3 is 10.6 Å². The summed E-state index contributed by atoms with van der Waals surface area (Å²) in [6.45, 7) is 12.3. The van der Waals surface area contributed by atoms with Gasteiger partial charge in [-0.05, 0) is 32.9 Å². The van der Waals surface area contributed by atoms with Crippen LogP contribution in [0, 0.1) is 0 Å². The smallest absolute Gasteiger partial charge is 0.243 e. The molecule has 0 saturated carbocycles. The van der Waals surface area contributed by atoms with Crippen LogP contribution in [0.3, 0.4) is 0 Å². The van der Waals surface area contributed by atoms with Gasteiger partial charge in [-0.2, -0.15) is 0 Å². The monoisotopic (exact) mass is 212 g/mol. The molecular formula is C11H20N2O2. The fourth-order valence-corrected chi connectivity index (χ4v) is 0.523. The van der Waals surface area contributed by atoms with Crippen molar-refractivity contribution in [2.24, 2.45) is 0 Å². The van der Waals surface area contributed by atoms with E-state index in [0.29, 0.717) is 0 Å². The number of nitrogens with one attached hydrogen (secondary N) is 2. The van der Waals surface area contributed by atoms with Crippen LogP contribution in [0.5, 0.6) is 0 Å². The van der Waals surface area contributed by atoms with Crippen LogP contribution in [-0.4, -0.2) is 24.4 Å². The maximum absolute atomic E-state index is 10.6. The predicted molar refractivity (Wildman–Crippen MR) is 62.4 cm³/mol. The lowest BCUT2D eigenvalue weighted by Crippen LogP contribution is -2.39. The van der Waals surface area contributed by atoms with E-state index >= 15 is 0 Å². The van der Waals surface area contributed by atoms with Gasteiger partial charge in [0.1, 0.15) is 0 Å². The van der Waals surface area contributed by atoms with Crippen LogP contribution >= 0.6 is 0 Å². The second-order valence-electron chi connectivity index (χ2n) is 3.76. The lowest BCUT2D eigenvalue weighted by molar-refractivity contribution is -0.118. The summed E-state index contributed by atoms with van der Waals surface area (Å²) in [5.74, 6) is -0.266. The fraction of sp³-hybridized carbons (Fsp3) is 0.455. The van der Waals surface area contributed by atoms with Crippen molar-refractivity contribution in [2.45, 2.75) is 26.3 Å². The average Bonchev–Trinajstić information content (AvgIpc) is 2.15. The Kier molecular flexibility index (Phi) is 8.24. The third-order valence-corrected chi connectivity index (χ3v) is 1.12. The van der Waals surface area contributed by atoms with Crippen LogP contribution in [0.1, 0.15) is 20.8 Å². The summed E-state index contributed by atoms with van der Waals surface area (Å²) < 4.78 is 0. The van der Waals surface area contributed by atoms with Gasteiger partial charge >= 0.3 is 0 Å². The van der Waals surface area contributed by atoms with Gasteiger partial charge in [-0.25, -0.2) is 0 Å². The number of likely N-dealkylation sites (N-methyl/N-ethyl adjacent to an activating group) is 1. The van der Waals surface area contributed by atoms with Gasteiger partial charge in [-0.3, -0.25) is 9.59 Å². The Morgan fingerprint density at radius 3 is 1.53 bits per heavy atom. The third kappa shape index (κ3) is 15.2. The number of hydrogen-bond acceptors (Lipinski definition) is 2. The minimum Gasteiger partial charge on any atom is -0.356 e. The minimum absolute atomic E-state index is 0.123. The molecule has 0 heterocycles. The molecule has 0 atom stereocenters. The molecule has 4 heteroatoms. The number of amides is 2. The quantitative estimate of drug-likeness (QED) is 0.671. The summed E-state index contributed by atoms with van der Waals surface area (Å²) in [6, 6.07) is 0. The van der Waals surface area contributed by atoms with Gasteiger partial charge in [-0.1, -0.05) is 13.2 Å². The van der Waals surface area contributed by atoms with E-state index in [9.17, 15) is 9.59 Å². The Balaban J connectivity index is 0. The molecule has 15 heavy (non-hydrogen) atoms. The Hall–Kier alpha value is -1.58. The number of rotatable bonds is 2. The van der Waals surface area contributed by atoms with Crippen molar-refractivity contribution < 1.29 is 9.59 Å². The van der Waals surface area contributed by atoms with E-state index in [-0.39, 0.29) is 17.4 Å². The second kappa shape index (κ2) is 7.79. The molecule has 0 aromatic carbocycles. The first kappa shape index (κ1) is 15.9. The molecule has 0 aliphatic rings. The topological polar surface area (TPSA) is 58.2 Å². The second-order valence-corrected chi connectivity index (χ2v) is 3.76. The van der Waals surface area contributed by atoms with Crippen molar-refractivity contribution in [1.29, 1.82) is 0 Å². The van der Waals surface area contributed by atoms with Crippen LogP contribution in [-0.2, 0) is 9.59 Å². The minimum atomic E-state index is -0.148. The van der Waals surface area contributed by atoms with Gasteiger partial charge in [-0.15, -0.1) is 0 Å². The molecule has 0 spiro atoms. The van der Waals surface area contributed by atoms with E-state index in [0.717, 1.165) is 0 Å². The molecule has 0 unspecified atom stereocenters. The van der Waals surface area contributed by atoms with Gasteiger partial charge in [0.25, 0.3) is 0 Å². The zero-order chi connectivity index (χ0) is 12.5. The lowest BCUT2D eigenvalue weighted by Gasteiger charge is -2.18. The maximum atomic E-state index is 10.6. The highest BCUT2D eigenvalue weighted by Crippen LogP contribution is 1.97. The lowest BCUT2D eigenvalue weighted by atomic mass is 10.1. The molecule has 0 aromatic rings. The molecule has 0 radical (unpaired) electrons.